The standard InChI is InChI=1S/C19H22ClN5O2/c20-16-5-1-14(2-6-16)9-19(10-24(11-19)17(26)15-3-4-15)18(27)22-7-8-25-13-21-12-23-25/h1-2,5-6,12-13,15H,3-4,7-11H2,(H,22,27). The monoisotopic (exact) mass is 387 g/mol. The van der Waals surface area contributed by atoms with Gasteiger partial charge in [-0.2, -0.15) is 5.10 Å². The summed E-state index contributed by atoms with van der Waals surface area (Å²) in [7, 11) is 0. The normalized spacial score (nSPS) is 18.0. The summed E-state index contributed by atoms with van der Waals surface area (Å²) in [6.45, 7) is 1.98. The van der Waals surface area contributed by atoms with Crippen molar-refractivity contribution in [2.45, 2.75) is 25.8 Å². The van der Waals surface area contributed by atoms with Gasteiger partial charge in [-0.3, -0.25) is 14.3 Å². The number of likely N-dealkylation sites (tertiary alicyclic amines) is 1. The van der Waals surface area contributed by atoms with Crippen molar-refractivity contribution >= 4 is 23.4 Å². The molecular weight excluding hydrogens is 366 g/mol. The van der Waals surface area contributed by atoms with E-state index in [-0.39, 0.29) is 17.7 Å². The van der Waals surface area contributed by atoms with E-state index in [4.69, 9.17) is 11.6 Å². The molecule has 1 N–H and O–H groups in total. The van der Waals surface area contributed by atoms with Gasteiger partial charge < -0.3 is 10.2 Å². The van der Waals surface area contributed by atoms with Crippen molar-refractivity contribution in [1.82, 2.24) is 25.0 Å². The van der Waals surface area contributed by atoms with E-state index in [0.29, 0.717) is 37.6 Å². The minimum absolute atomic E-state index is 0.0163. The highest BCUT2D eigenvalue weighted by Crippen LogP contribution is 2.39. The Hall–Kier alpha value is -2.41. The molecule has 27 heavy (non-hydrogen) atoms. The highest BCUT2D eigenvalue weighted by atomic mass is 35.5. The molecule has 4 rings (SSSR count). The van der Waals surface area contributed by atoms with Crippen LogP contribution in [-0.2, 0) is 22.6 Å². The molecule has 1 aliphatic carbocycles. The van der Waals surface area contributed by atoms with E-state index in [1.165, 1.54) is 6.33 Å². The molecule has 2 heterocycles. The first-order valence-electron chi connectivity index (χ1n) is 9.20. The Balaban J connectivity index is 1.41. The molecule has 0 radical (unpaired) electrons. The first kappa shape index (κ1) is 18.0. The van der Waals surface area contributed by atoms with Crippen LogP contribution in [0.4, 0.5) is 0 Å². The molecule has 0 bridgehead atoms. The number of rotatable bonds is 7. The lowest BCUT2D eigenvalue weighted by Crippen LogP contribution is -2.66. The molecule has 1 saturated carbocycles. The molecule has 0 spiro atoms. The van der Waals surface area contributed by atoms with Crippen LogP contribution in [0.15, 0.2) is 36.9 Å². The lowest BCUT2D eigenvalue weighted by atomic mass is 9.73. The predicted molar refractivity (Wildman–Crippen MR) is 99.9 cm³/mol. The van der Waals surface area contributed by atoms with E-state index >= 15 is 0 Å². The van der Waals surface area contributed by atoms with Crippen molar-refractivity contribution in [2.24, 2.45) is 11.3 Å². The minimum Gasteiger partial charge on any atom is -0.354 e. The molecule has 7 nitrogen and oxygen atoms in total. The van der Waals surface area contributed by atoms with Crippen LogP contribution in [0.25, 0.3) is 0 Å². The molecule has 0 unspecified atom stereocenters. The van der Waals surface area contributed by atoms with E-state index in [2.05, 4.69) is 15.4 Å². The van der Waals surface area contributed by atoms with Gasteiger partial charge in [0.25, 0.3) is 0 Å². The maximum Gasteiger partial charge on any atom is 0.230 e. The second kappa shape index (κ2) is 7.31. The van der Waals surface area contributed by atoms with Crippen molar-refractivity contribution in [3.63, 3.8) is 0 Å². The third-order valence-corrected chi connectivity index (χ3v) is 5.51. The van der Waals surface area contributed by atoms with Gasteiger partial charge in [0.05, 0.1) is 12.0 Å². The topological polar surface area (TPSA) is 80.1 Å². The van der Waals surface area contributed by atoms with E-state index < -0.39 is 5.41 Å². The van der Waals surface area contributed by atoms with Crippen LogP contribution in [0.3, 0.4) is 0 Å². The molecule has 2 aromatic rings. The first-order valence-corrected chi connectivity index (χ1v) is 9.57. The third-order valence-electron chi connectivity index (χ3n) is 5.26. The maximum atomic E-state index is 13.0. The molecule has 1 aromatic heterocycles. The van der Waals surface area contributed by atoms with Crippen molar-refractivity contribution in [3.8, 4) is 0 Å². The summed E-state index contributed by atoms with van der Waals surface area (Å²) in [5, 5.41) is 7.71. The van der Waals surface area contributed by atoms with Gasteiger partial charge in [0.15, 0.2) is 0 Å². The van der Waals surface area contributed by atoms with Crippen LogP contribution < -0.4 is 5.32 Å². The molecule has 0 atom stereocenters. The second-order valence-electron chi connectivity index (χ2n) is 7.47. The number of nitrogens with zero attached hydrogens (tertiary/aromatic N) is 4. The second-order valence-corrected chi connectivity index (χ2v) is 7.90. The number of amides is 2. The number of carbonyl (C=O) groups excluding carboxylic acids is 2. The number of aromatic nitrogens is 3. The largest absolute Gasteiger partial charge is 0.354 e. The lowest BCUT2D eigenvalue weighted by molar-refractivity contribution is -0.154. The predicted octanol–water partition coefficient (Wildman–Crippen LogP) is 1.53. The summed E-state index contributed by atoms with van der Waals surface area (Å²) in [5.41, 5.74) is 0.463. The molecule has 1 aliphatic heterocycles. The van der Waals surface area contributed by atoms with Crippen molar-refractivity contribution in [3.05, 3.63) is 47.5 Å². The average molecular weight is 388 g/mol. The molecular formula is C19H22ClN5O2. The number of nitrogens with one attached hydrogen (secondary N) is 1. The van der Waals surface area contributed by atoms with Crippen LogP contribution in [0, 0.1) is 11.3 Å². The average Bonchev–Trinajstić information content (AvgIpc) is 3.36. The fraction of sp³-hybridized carbons (Fsp3) is 0.474. The zero-order valence-corrected chi connectivity index (χ0v) is 15.7. The van der Waals surface area contributed by atoms with Crippen LogP contribution >= 0.6 is 11.6 Å². The summed E-state index contributed by atoms with van der Waals surface area (Å²) in [4.78, 5) is 31.0. The van der Waals surface area contributed by atoms with E-state index in [1.807, 2.05) is 29.2 Å². The van der Waals surface area contributed by atoms with Crippen molar-refractivity contribution in [1.29, 1.82) is 0 Å². The van der Waals surface area contributed by atoms with Gasteiger partial charge in [0.1, 0.15) is 12.7 Å². The van der Waals surface area contributed by atoms with Gasteiger partial charge >= 0.3 is 0 Å². The van der Waals surface area contributed by atoms with Gasteiger partial charge in [-0.25, -0.2) is 4.98 Å². The highest BCUT2D eigenvalue weighted by Gasteiger charge is 2.52. The zero-order chi connectivity index (χ0) is 18.9. The van der Waals surface area contributed by atoms with E-state index in [1.54, 1.807) is 11.0 Å². The number of hydrogen-bond acceptors (Lipinski definition) is 4. The number of benzene rings is 1. The Bertz CT molecular complexity index is 811. The molecule has 1 aromatic carbocycles. The van der Waals surface area contributed by atoms with Crippen molar-refractivity contribution < 1.29 is 9.59 Å². The Morgan fingerprint density at radius 3 is 2.59 bits per heavy atom. The molecule has 8 heteroatoms. The van der Waals surface area contributed by atoms with Crippen LogP contribution in [-0.4, -0.2) is 51.1 Å². The summed E-state index contributed by atoms with van der Waals surface area (Å²) < 4.78 is 1.68. The Kier molecular flexibility index (Phi) is 4.86. The smallest absolute Gasteiger partial charge is 0.230 e. The Morgan fingerprint density at radius 2 is 1.96 bits per heavy atom. The van der Waals surface area contributed by atoms with Crippen molar-refractivity contribution in [2.75, 3.05) is 19.6 Å². The summed E-state index contributed by atoms with van der Waals surface area (Å²) >= 11 is 5.97. The number of halogens is 1. The first-order chi connectivity index (χ1) is 13.1. The maximum absolute atomic E-state index is 13.0. The molecule has 1 saturated heterocycles. The number of hydrogen-bond donors (Lipinski definition) is 1. The van der Waals surface area contributed by atoms with Crippen LogP contribution in [0.5, 0.6) is 0 Å². The fourth-order valence-electron chi connectivity index (χ4n) is 3.58. The van der Waals surface area contributed by atoms with Crippen LogP contribution in [0.1, 0.15) is 18.4 Å². The Morgan fingerprint density at radius 1 is 1.22 bits per heavy atom. The van der Waals surface area contributed by atoms with Crippen LogP contribution in [0.2, 0.25) is 5.02 Å². The van der Waals surface area contributed by atoms with E-state index in [9.17, 15) is 9.59 Å². The molecule has 2 amide bonds. The van der Waals surface area contributed by atoms with Gasteiger partial charge in [-0.1, -0.05) is 23.7 Å². The molecule has 2 aliphatic rings. The molecule has 142 valence electrons. The molecule has 2 fully saturated rings. The fourth-order valence-corrected chi connectivity index (χ4v) is 3.70. The Labute approximate surface area is 162 Å². The summed E-state index contributed by atoms with van der Waals surface area (Å²) in [6.07, 6.45) is 5.63. The van der Waals surface area contributed by atoms with Gasteiger partial charge in [0.2, 0.25) is 11.8 Å². The van der Waals surface area contributed by atoms with E-state index in [0.717, 1.165) is 18.4 Å². The quantitative estimate of drug-likeness (QED) is 0.781. The van der Waals surface area contributed by atoms with Gasteiger partial charge in [-0.05, 0) is 37.0 Å². The third kappa shape index (κ3) is 3.98. The SMILES string of the molecule is O=C(C1CC1)N1CC(Cc2ccc(Cl)cc2)(C(=O)NCCn2cncn2)C1. The summed E-state index contributed by atoms with van der Waals surface area (Å²) in [5.74, 6) is 0.350. The minimum atomic E-state index is -0.583. The zero-order valence-electron chi connectivity index (χ0n) is 15.0. The highest BCUT2D eigenvalue weighted by molar-refractivity contribution is 6.30. The summed E-state index contributed by atoms with van der Waals surface area (Å²) in [6, 6.07) is 7.55. The lowest BCUT2D eigenvalue weighted by Gasteiger charge is -2.49. The van der Waals surface area contributed by atoms with Gasteiger partial charge in [-0.15, -0.1) is 0 Å². The van der Waals surface area contributed by atoms with Gasteiger partial charge in [0, 0.05) is 30.6 Å². The number of carbonyl (C=O) groups is 2.